The molecule has 0 heterocycles. The van der Waals surface area contributed by atoms with Crippen molar-refractivity contribution in [2.45, 2.75) is 39.5 Å². The third-order valence-corrected chi connectivity index (χ3v) is 14.9. The van der Waals surface area contributed by atoms with Gasteiger partial charge in [-0.15, -0.1) is 66.5 Å². The first kappa shape index (κ1) is 38.8. The van der Waals surface area contributed by atoms with E-state index in [9.17, 15) is 0 Å². The lowest BCUT2D eigenvalue weighted by atomic mass is 9.95. The standard InChI is InChI=1S/C42H38Cl6N2Si2/c1-3-9-31-27-35(51(43,44)45)23-25-37(31)39-11-5-7-13-41(39)49-33-19-15-29(16-20-33)30-17-21-34(22-18-30)50-42-14-8-6-12-40(42)38-26-24-36(52(46,47)48)28-32(38)10-4-2/h5-8,11-28,49-50H,3-4,9-10H2,1-2H3. The van der Waals surface area contributed by atoms with Crippen LogP contribution in [-0.2, 0) is 12.8 Å². The van der Waals surface area contributed by atoms with Crippen LogP contribution >= 0.6 is 66.5 Å². The van der Waals surface area contributed by atoms with Gasteiger partial charge in [-0.2, -0.15) is 0 Å². The smallest absolute Gasteiger partial charge is 0.355 e. The largest absolute Gasteiger partial charge is 0.372 e. The third kappa shape index (κ3) is 9.41. The maximum absolute atomic E-state index is 6.37. The summed E-state index contributed by atoms with van der Waals surface area (Å²) in [5.41, 5.74) is 13.2. The molecule has 0 aliphatic heterocycles. The summed E-state index contributed by atoms with van der Waals surface area (Å²) in [6.45, 7) is 4.33. The van der Waals surface area contributed by atoms with Crippen LogP contribution in [-0.4, -0.2) is 12.0 Å². The summed E-state index contributed by atoms with van der Waals surface area (Å²) in [4.78, 5) is 0. The Bertz CT molecular complexity index is 1990. The molecule has 0 bridgehead atoms. The molecule has 6 aromatic rings. The first-order valence-electron chi connectivity index (χ1n) is 17.3. The molecule has 0 atom stereocenters. The van der Waals surface area contributed by atoms with Crippen LogP contribution in [0.5, 0.6) is 0 Å². The molecule has 0 spiro atoms. The summed E-state index contributed by atoms with van der Waals surface area (Å²) in [5.74, 6) is 0. The van der Waals surface area contributed by atoms with E-state index in [4.69, 9.17) is 66.5 Å². The maximum atomic E-state index is 6.37. The third-order valence-electron chi connectivity index (χ3n) is 9.00. The Hall–Kier alpha value is -2.91. The van der Waals surface area contributed by atoms with Crippen LogP contribution in [0.3, 0.4) is 0 Å². The fourth-order valence-electron chi connectivity index (χ4n) is 6.47. The summed E-state index contributed by atoms with van der Waals surface area (Å²) >= 11 is 38.2. The van der Waals surface area contributed by atoms with Crippen molar-refractivity contribution in [3.05, 3.63) is 145 Å². The van der Waals surface area contributed by atoms with Crippen molar-refractivity contribution < 1.29 is 0 Å². The average Bonchev–Trinajstić information content (AvgIpc) is 3.12. The molecule has 0 radical (unpaired) electrons. The quantitative estimate of drug-likeness (QED) is 0.0894. The zero-order valence-electron chi connectivity index (χ0n) is 28.8. The lowest BCUT2D eigenvalue weighted by Crippen LogP contribution is -2.30. The Morgan fingerprint density at radius 1 is 0.423 bits per heavy atom. The van der Waals surface area contributed by atoms with Crippen LogP contribution in [0.4, 0.5) is 22.7 Å². The molecule has 0 fully saturated rings. The van der Waals surface area contributed by atoms with Crippen molar-refractivity contribution in [1.82, 2.24) is 0 Å². The highest BCUT2D eigenvalue weighted by Gasteiger charge is 2.30. The molecule has 2 nitrogen and oxygen atoms in total. The predicted molar refractivity (Wildman–Crippen MR) is 236 cm³/mol. The molecular formula is C42H38Cl6N2Si2. The van der Waals surface area contributed by atoms with Gasteiger partial charge >= 0.3 is 12.0 Å². The predicted octanol–water partition coefficient (Wildman–Crippen LogP) is 13.8. The summed E-state index contributed by atoms with van der Waals surface area (Å²) in [5, 5.41) is 8.91. The average molecular weight is 840 g/mol. The van der Waals surface area contributed by atoms with Gasteiger partial charge in [0.05, 0.1) is 0 Å². The number of para-hydroxylation sites is 2. The van der Waals surface area contributed by atoms with Gasteiger partial charge in [-0.1, -0.05) is 124 Å². The van der Waals surface area contributed by atoms with Crippen molar-refractivity contribution >= 4 is 112 Å². The van der Waals surface area contributed by atoms with E-state index >= 15 is 0 Å². The molecule has 266 valence electrons. The van der Waals surface area contributed by atoms with Crippen molar-refractivity contribution in [3.8, 4) is 33.4 Å². The maximum Gasteiger partial charge on any atom is 0.372 e. The van der Waals surface area contributed by atoms with Gasteiger partial charge in [0, 0.05) is 33.9 Å². The van der Waals surface area contributed by atoms with Gasteiger partial charge in [0.1, 0.15) is 0 Å². The monoisotopic (exact) mass is 836 g/mol. The molecule has 0 aliphatic rings. The first-order valence-corrected chi connectivity index (χ1v) is 27.3. The Morgan fingerprint density at radius 3 is 1.13 bits per heavy atom. The minimum Gasteiger partial charge on any atom is -0.355 e. The lowest BCUT2D eigenvalue weighted by molar-refractivity contribution is 0.924. The van der Waals surface area contributed by atoms with E-state index in [2.05, 4.69) is 134 Å². The number of anilines is 4. The van der Waals surface area contributed by atoms with Gasteiger partial charge < -0.3 is 10.6 Å². The minimum absolute atomic E-state index is 0.812. The zero-order valence-corrected chi connectivity index (χ0v) is 35.3. The number of hydrogen-bond donors (Lipinski definition) is 2. The number of aryl methyl sites for hydroxylation is 2. The van der Waals surface area contributed by atoms with Gasteiger partial charge in [0.25, 0.3) is 0 Å². The first-order chi connectivity index (χ1) is 24.9. The van der Waals surface area contributed by atoms with Crippen molar-refractivity contribution in [2.24, 2.45) is 0 Å². The Morgan fingerprint density at radius 2 is 0.788 bits per heavy atom. The second kappa shape index (κ2) is 17.1. The summed E-state index contributed by atoms with van der Waals surface area (Å²) in [6.07, 6.45) is 3.79. The zero-order chi connectivity index (χ0) is 36.9. The number of benzene rings is 6. The number of rotatable bonds is 13. The second-order valence-electron chi connectivity index (χ2n) is 12.7. The van der Waals surface area contributed by atoms with E-state index in [1.807, 2.05) is 24.3 Å². The van der Waals surface area contributed by atoms with Gasteiger partial charge in [-0.05, 0) is 93.0 Å². The van der Waals surface area contributed by atoms with Crippen molar-refractivity contribution in [1.29, 1.82) is 0 Å². The highest BCUT2D eigenvalue weighted by Crippen LogP contribution is 2.36. The van der Waals surface area contributed by atoms with E-state index in [0.717, 1.165) is 92.2 Å². The molecule has 0 saturated carbocycles. The van der Waals surface area contributed by atoms with Gasteiger partial charge in [0.2, 0.25) is 0 Å². The van der Waals surface area contributed by atoms with Crippen LogP contribution in [0, 0.1) is 0 Å². The lowest BCUT2D eigenvalue weighted by Gasteiger charge is -2.18. The van der Waals surface area contributed by atoms with Gasteiger partial charge in [-0.25, -0.2) is 0 Å². The van der Waals surface area contributed by atoms with E-state index in [1.54, 1.807) is 0 Å². The summed E-state index contributed by atoms with van der Waals surface area (Å²) in [7, 11) is 0. The highest BCUT2D eigenvalue weighted by atomic mass is 35.8. The fourth-order valence-corrected chi connectivity index (χ4v) is 9.81. The van der Waals surface area contributed by atoms with E-state index in [1.165, 1.54) is 11.1 Å². The molecule has 0 unspecified atom stereocenters. The molecule has 0 amide bonds. The van der Waals surface area contributed by atoms with Crippen LogP contribution in [0.15, 0.2) is 133 Å². The molecule has 52 heavy (non-hydrogen) atoms. The van der Waals surface area contributed by atoms with Crippen LogP contribution in [0.25, 0.3) is 33.4 Å². The van der Waals surface area contributed by atoms with Crippen molar-refractivity contribution in [2.75, 3.05) is 10.6 Å². The second-order valence-corrected chi connectivity index (χ2v) is 29.6. The number of halogens is 6. The topological polar surface area (TPSA) is 24.1 Å². The fraction of sp³-hybridized carbons (Fsp3) is 0.143. The van der Waals surface area contributed by atoms with Crippen LogP contribution in [0.1, 0.15) is 37.8 Å². The van der Waals surface area contributed by atoms with E-state index < -0.39 is 12.0 Å². The SMILES string of the molecule is CCCc1cc([Si](Cl)(Cl)Cl)ccc1-c1ccccc1Nc1ccc(-c2ccc(Nc3ccccc3-c3ccc([Si](Cl)(Cl)Cl)cc3CCC)cc2)cc1. The molecule has 6 rings (SSSR count). The highest BCUT2D eigenvalue weighted by molar-refractivity contribution is 7.70. The molecule has 0 aliphatic carbocycles. The van der Waals surface area contributed by atoms with Crippen LogP contribution in [0.2, 0.25) is 0 Å². The minimum atomic E-state index is -2.98. The van der Waals surface area contributed by atoms with Gasteiger partial charge in [0.15, 0.2) is 0 Å². The number of nitrogens with one attached hydrogen (secondary N) is 2. The summed E-state index contributed by atoms with van der Waals surface area (Å²) in [6, 6.07) is 40.0. The molecule has 2 N–H and O–H groups in total. The molecule has 6 aromatic carbocycles. The van der Waals surface area contributed by atoms with Gasteiger partial charge in [-0.3, -0.25) is 0 Å². The molecule has 0 saturated heterocycles. The Labute approximate surface area is 337 Å². The normalized spacial score (nSPS) is 11.8. The number of hydrogen-bond acceptors (Lipinski definition) is 2. The van der Waals surface area contributed by atoms with Crippen molar-refractivity contribution in [3.63, 3.8) is 0 Å². The molecular weight excluding hydrogens is 801 g/mol. The molecule has 10 heteroatoms. The Balaban J connectivity index is 1.19. The van der Waals surface area contributed by atoms with E-state index in [-0.39, 0.29) is 0 Å². The summed E-state index contributed by atoms with van der Waals surface area (Å²) < 4.78 is 0. The van der Waals surface area contributed by atoms with Crippen LogP contribution < -0.4 is 21.0 Å². The molecule has 0 aromatic heterocycles. The Kier molecular flexibility index (Phi) is 12.7. The van der Waals surface area contributed by atoms with E-state index in [0.29, 0.717) is 0 Å².